The van der Waals surface area contributed by atoms with E-state index in [2.05, 4.69) is 10.1 Å². The number of carbonyl (C=O) groups excluding carboxylic acids is 1. The second-order valence-corrected chi connectivity index (χ2v) is 7.47. The highest BCUT2D eigenvalue weighted by molar-refractivity contribution is 7.19. The van der Waals surface area contributed by atoms with Crippen LogP contribution < -0.4 is 4.90 Å². The molecular weight excluding hydrogens is 437 g/mol. The predicted octanol–water partition coefficient (Wildman–Crippen LogP) is 3.77. The van der Waals surface area contributed by atoms with E-state index in [9.17, 15) is 18.0 Å². The van der Waals surface area contributed by atoms with Gasteiger partial charge < -0.3 is 14.5 Å². The summed E-state index contributed by atoms with van der Waals surface area (Å²) in [4.78, 5) is 30.3. The number of rotatable bonds is 5. The van der Waals surface area contributed by atoms with E-state index in [0.29, 0.717) is 17.4 Å². The zero-order chi connectivity index (χ0) is 23.2. The number of halogens is 3. The summed E-state index contributed by atoms with van der Waals surface area (Å²) in [5.74, 6) is -2.34. The molecule has 0 aliphatic carbocycles. The first-order valence-electron chi connectivity index (χ1n) is 8.68. The Morgan fingerprint density at radius 1 is 1.16 bits per heavy atom. The minimum Gasteiger partial charge on any atom is -0.475 e. The molecule has 0 aliphatic rings. The Bertz CT molecular complexity index is 1020. The summed E-state index contributed by atoms with van der Waals surface area (Å²) in [5, 5.41) is 11.6. The van der Waals surface area contributed by atoms with Crippen molar-refractivity contribution in [2.45, 2.75) is 12.7 Å². The first-order valence-corrected chi connectivity index (χ1v) is 9.50. The SMILES string of the molecule is CN(C)Cc1cc(C(=O)N(C)c2ncc(-c3ccccc3)s2)no1.O=C(O)C(F)(F)F. The Hall–Kier alpha value is -3.25. The van der Waals surface area contributed by atoms with Gasteiger partial charge in [-0.2, -0.15) is 13.2 Å². The van der Waals surface area contributed by atoms with Crippen LogP contribution in [0.3, 0.4) is 0 Å². The highest BCUT2D eigenvalue weighted by Crippen LogP contribution is 2.31. The number of thiazole rings is 1. The van der Waals surface area contributed by atoms with Gasteiger partial charge in [-0.1, -0.05) is 46.8 Å². The molecule has 0 saturated heterocycles. The number of anilines is 1. The van der Waals surface area contributed by atoms with E-state index in [0.717, 1.165) is 10.4 Å². The molecule has 3 aromatic rings. The van der Waals surface area contributed by atoms with Gasteiger partial charge in [0.2, 0.25) is 0 Å². The highest BCUT2D eigenvalue weighted by Gasteiger charge is 2.38. The molecule has 0 atom stereocenters. The van der Waals surface area contributed by atoms with Crippen molar-refractivity contribution in [3.05, 3.63) is 54.0 Å². The lowest BCUT2D eigenvalue weighted by atomic mass is 10.2. The lowest BCUT2D eigenvalue weighted by Gasteiger charge is -2.11. The zero-order valence-electron chi connectivity index (χ0n) is 16.8. The number of carboxylic acids is 1. The van der Waals surface area contributed by atoms with Crippen LogP contribution in [-0.4, -0.2) is 59.3 Å². The van der Waals surface area contributed by atoms with Gasteiger partial charge >= 0.3 is 12.1 Å². The van der Waals surface area contributed by atoms with Crippen molar-refractivity contribution in [1.29, 1.82) is 0 Å². The van der Waals surface area contributed by atoms with Gasteiger partial charge in [-0.3, -0.25) is 9.69 Å². The van der Waals surface area contributed by atoms with Gasteiger partial charge in [0.25, 0.3) is 5.91 Å². The van der Waals surface area contributed by atoms with E-state index in [4.69, 9.17) is 14.4 Å². The van der Waals surface area contributed by atoms with E-state index in [1.807, 2.05) is 49.3 Å². The fourth-order valence-corrected chi connectivity index (χ4v) is 3.10. The van der Waals surface area contributed by atoms with Gasteiger partial charge in [0.15, 0.2) is 16.6 Å². The molecule has 166 valence electrons. The summed E-state index contributed by atoms with van der Waals surface area (Å²) in [6.45, 7) is 0.597. The van der Waals surface area contributed by atoms with Crippen LogP contribution in [0, 0.1) is 0 Å². The lowest BCUT2D eigenvalue weighted by molar-refractivity contribution is -0.192. The number of aliphatic carboxylic acids is 1. The highest BCUT2D eigenvalue weighted by atomic mass is 32.1. The van der Waals surface area contributed by atoms with Crippen molar-refractivity contribution in [2.24, 2.45) is 0 Å². The number of carbonyl (C=O) groups is 2. The quantitative estimate of drug-likeness (QED) is 0.624. The first-order chi connectivity index (χ1) is 14.5. The van der Waals surface area contributed by atoms with Gasteiger partial charge in [0.05, 0.1) is 11.4 Å². The molecule has 0 radical (unpaired) electrons. The van der Waals surface area contributed by atoms with E-state index in [-0.39, 0.29) is 11.6 Å². The van der Waals surface area contributed by atoms with Gasteiger partial charge in [0, 0.05) is 19.3 Å². The summed E-state index contributed by atoms with van der Waals surface area (Å²) in [7, 11) is 5.55. The molecule has 1 N–H and O–H groups in total. The number of hydrogen-bond acceptors (Lipinski definition) is 7. The third-order valence-electron chi connectivity index (χ3n) is 3.64. The normalized spacial score (nSPS) is 11.1. The summed E-state index contributed by atoms with van der Waals surface area (Å²) in [6.07, 6.45) is -3.31. The fraction of sp³-hybridized carbons (Fsp3) is 0.263. The molecule has 0 unspecified atom stereocenters. The molecule has 3 rings (SSSR count). The van der Waals surface area contributed by atoms with Crippen LogP contribution in [0.2, 0.25) is 0 Å². The first kappa shape index (κ1) is 24.0. The van der Waals surface area contributed by atoms with Gasteiger partial charge in [-0.25, -0.2) is 9.78 Å². The van der Waals surface area contributed by atoms with Crippen molar-refractivity contribution in [2.75, 3.05) is 26.0 Å². The number of alkyl halides is 3. The van der Waals surface area contributed by atoms with Gasteiger partial charge in [-0.05, 0) is 19.7 Å². The van der Waals surface area contributed by atoms with Crippen molar-refractivity contribution >= 4 is 28.3 Å². The molecule has 1 aromatic carbocycles. The monoisotopic (exact) mass is 456 g/mol. The van der Waals surface area contributed by atoms with Crippen LogP contribution in [0.4, 0.5) is 18.3 Å². The van der Waals surface area contributed by atoms with E-state index < -0.39 is 12.1 Å². The number of aromatic nitrogens is 2. The van der Waals surface area contributed by atoms with Crippen molar-refractivity contribution in [3.8, 4) is 10.4 Å². The summed E-state index contributed by atoms with van der Waals surface area (Å²) in [5.41, 5.74) is 1.36. The molecule has 0 bridgehead atoms. The molecule has 1 amide bonds. The van der Waals surface area contributed by atoms with Crippen LogP contribution in [0.25, 0.3) is 10.4 Å². The maximum atomic E-state index is 12.5. The third kappa shape index (κ3) is 6.89. The Balaban J connectivity index is 0.000000423. The Kier molecular flexibility index (Phi) is 7.89. The average Bonchev–Trinajstić information content (AvgIpc) is 3.37. The Labute approximate surface area is 179 Å². The maximum absolute atomic E-state index is 12.5. The minimum atomic E-state index is -5.08. The third-order valence-corrected chi connectivity index (χ3v) is 4.76. The Morgan fingerprint density at radius 2 is 1.77 bits per heavy atom. The molecule has 8 nitrogen and oxygen atoms in total. The number of nitrogens with zero attached hydrogens (tertiary/aromatic N) is 4. The summed E-state index contributed by atoms with van der Waals surface area (Å²) in [6, 6.07) is 11.6. The largest absolute Gasteiger partial charge is 0.490 e. The lowest BCUT2D eigenvalue weighted by Crippen LogP contribution is -2.26. The number of benzene rings is 1. The van der Waals surface area contributed by atoms with Crippen molar-refractivity contribution in [1.82, 2.24) is 15.0 Å². The number of amides is 1. The molecule has 0 fully saturated rings. The smallest absolute Gasteiger partial charge is 0.475 e. The number of carboxylic acid groups (broad SMARTS) is 1. The standard InChI is InChI=1S/C17H18N4O2S.C2HF3O2/c1-20(2)11-13-9-14(19-23-13)16(22)21(3)17-18-10-15(24-17)12-7-5-4-6-8-12;3-2(4,5)1(6)7/h4-10H,11H2,1-3H3;(H,6,7). The van der Waals surface area contributed by atoms with Crippen LogP contribution in [-0.2, 0) is 11.3 Å². The molecule has 0 aliphatic heterocycles. The van der Waals surface area contributed by atoms with Gasteiger partial charge in [0.1, 0.15) is 0 Å². The second-order valence-electron chi connectivity index (χ2n) is 6.46. The van der Waals surface area contributed by atoms with Crippen LogP contribution in [0.15, 0.2) is 47.1 Å². The topological polar surface area (TPSA) is 99.8 Å². The Morgan fingerprint density at radius 3 is 2.32 bits per heavy atom. The molecule has 2 heterocycles. The molecule has 0 saturated carbocycles. The molecule has 2 aromatic heterocycles. The molecule has 31 heavy (non-hydrogen) atoms. The number of hydrogen-bond donors (Lipinski definition) is 1. The van der Waals surface area contributed by atoms with Gasteiger partial charge in [-0.15, -0.1) is 0 Å². The van der Waals surface area contributed by atoms with E-state index >= 15 is 0 Å². The predicted molar refractivity (Wildman–Crippen MR) is 108 cm³/mol. The van der Waals surface area contributed by atoms with Crippen molar-refractivity contribution in [3.63, 3.8) is 0 Å². The van der Waals surface area contributed by atoms with E-state index in [1.165, 1.54) is 16.2 Å². The van der Waals surface area contributed by atoms with Crippen LogP contribution >= 0.6 is 11.3 Å². The van der Waals surface area contributed by atoms with E-state index in [1.54, 1.807) is 19.3 Å². The summed E-state index contributed by atoms with van der Waals surface area (Å²) >= 11 is 1.46. The van der Waals surface area contributed by atoms with Crippen LogP contribution in [0.5, 0.6) is 0 Å². The molecule has 0 spiro atoms. The maximum Gasteiger partial charge on any atom is 0.490 e. The van der Waals surface area contributed by atoms with Crippen LogP contribution in [0.1, 0.15) is 16.2 Å². The molecule has 12 heteroatoms. The zero-order valence-corrected chi connectivity index (χ0v) is 17.6. The minimum absolute atomic E-state index is 0.238. The van der Waals surface area contributed by atoms with Crippen molar-refractivity contribution < 1.29 is 32.4 Å². The average molecular weight is 456 g/mol. The second kappa shape index (κ2) is 10.2. The summed E-state index contributed by atoms with van der Waals surface area (Å²) < 4.78 is 36.9. The molecular formula is C19H19F3N4O4S. The fourth-order valence-electron chi connectivity index (χ4n) is 2.21.